The lowest BCUT2D eigenvalue weighted by Gasteiger charge is -2.43. The molecule has 2 N–H and O–H groups in total. The number of fused-ring (bicyclic) bond motifs is 1. The van der Waals surface area contributed by atoms with Crippen molar-refractivity contribution in [3.05, 3.63) is 0 Å². The summed E-state index contributed by atoms with van der Waals surface area (Å²) < 4.78 is 0. The summed E-state index contributed by atoms with van der Waals surface area (Å²) >= 11 is 0. The third kappa shape index (κ3) is 2.13. The first kappa shape index (κ1) is 11.9. The molecule has 98 valence electrons. The van der Waals surface area contributed by atoms with Gasteiger partial charge in [0.2, 0.25) is 0 Å². The molecule has 3 heterocycles. The molecule has 4 atom stereocenters. The smallest absolute Gasteiger partial charge is 0.0266 e. The molecule has 0 aromatic carbocycles. The minimum Gasteiger partial charge on any atom is -0.330 e. The fourth-order valence-corrected chi connectivity index (χ4v) is 4.31. The molecule has 3 saturated heterocycles. The van der Waals surface area contributed by atoms with Crippen LogP contribution in [-0.2, 0) is 0 Å². The van der Waals surface area contributed by atoms with Crippen LogP contribution in [0.3, 0.4) is 0 Å². The van der Waals surface area contributed by atoms with E-state index in [-0.39, 0.29) is 0 Å². The molecule has 0 amide bonds. The standard InChI is InChI=1S/C14H27N3/c1-11-4-5-12(9-15)10-17(11)14-6-8-16-7-2-3-13(14)16/h11-14H,2-10,15H2,1H3. The zero-order valence-electron chi connectivity index (χ0n) is 11.1. The normalized spacial score (nSPS) is 44.1. The lowest BCUT2D eigenvalue weighted by Crippen LogP contribution is -2.52. The molecule has 0 bridgehead atoms. The van der Waals surface area contributed by atoms with Crippen molar-refractivity contribution in [2.75, 3.05) is 26.2 Å². The van der Waals surface area contributed by atoms with Crippen LogP contribution in [0.4, 0.5) is 0 Å². The summed E-state index contributed by atoms with van der Waals surface area (Å²) in [6, 6.07) is 2.49. The van der Waals surface area contributed by atoms with Crippen LogP contribution in [0.25, 0.3) is 0 Å². The maximum Gasteiger partial charge on any atom is 0.0266 e. The van der Waals surface area contributed by atoms with E-state index < -0.39 is 0 Å². The van der Waals surface area contributed by atoms with Crippen LogP contribution in [0, 0.1) is 5.92 Å². The van der Waals surface area contributed by atoms with Gasteiger partial charge in [-0.05, 0) is 58.0 Å². The van der Waals surface area contributed by atoms with Gasteiger partial charge >= 0.3 is 0 Å². The summed E-state index contributed by atoms with van der Waals surface area (Å²) in [6.07, 6.45) is 6.94. The van der Waals surface area contributed by atoms with Gasteiger partial charge in [0, 0.05) is 31.2 Å². The molecule has 17 heavy (non-hydrogen) atoms. The van der Waals surface area contributed by atoms with Crippen molar-refractivity contribution in [1.29, 1.82) is 0 Å². The second-order valence-corrected chi connectivity index (χ2v) is 6.33. The lowest BCUT2D eigenvalue weighted by atomic mass is 9.90. The molecule has 4 unspecified atom stereocenters. The maximum absolute atomic E-state index is 5.88. The number of rotatable bonds is 2. The highest BCUT2D eigenvalue weighted by Crippen LogP contribution is 2.35. The van der Waals surface area contributed by atoms with Gasteiger partial charge in [-0.3, -0.25) is 9.80 Å². The summed E-state index contributed by atoms with van der Waals surface area (Å²) in [5.74, 6) is 0.752. The summed E-state index contributed by atoms with van der Waals surface area (Å²) in [5.41, 5.74) is 5.88. The number of piperidine rings is 1. The predicted octanol–water partition coefficient (Wildman–Crippen LogP) is 1.28. The Balaban J connectivity index is 1.69. The zero-order chi connectivity index (χ0) is 11.8. The summed E-state index contributed by atoms with van der Waals surface area (Å²) in [5, 5.41) is 0. The third-order valence-electron chi connectivity index (χ3n) is 5.36. The largest absolute Gasteiger partial charge is 0.330 e. The van der Waals surface area contributed by atoms with E-state index in [1.54, 1.807) is 0 Å². The van der Waals surface area contributed by atoms with Crippen molar-refractivity contribution in [1.82, 2.24) is 9.80 Å². The van der Waals surface area contributed by atoms with E-state index in [0.717, 1.165) is 30.6 Å². The van der Waals surface area contributed by atoms with Gasteiger partial charge in [0.05, 0.1) is 0 Å². The zero-order valence-corrected chi connectivity index (χ0v) is 11.1. The molecule has 3 aliphatic rings. The van der Waals surface area contributed by atoms with Crippen molar-refractivity contribution in [2.45, 2.75) is 57.2 Å². The average Bonchev–Trinajstić information content (AvgIpc) is 2.92. The summed E-state index contributed by atoms with van der Waals surface area (Å²) in [6.45, 7) is 7.25. The predicted molar refractivity (Wildman–Crippen MR) is 70.9 cm³/mol. The highest BCUT2D eigenvalue weighted by molar-refractivity contribution is 4.99. The van der Waals surface area contributed by atoms with E-state index in [1.807, 2.05) is 0 Å². The van der Waals surface area contributed by atoms with E-state index >= 15 is 0 Å². The minimum atomic E-state index is 0.752. The van der Waals surface area contributed by atoms with E-state index in [1.165, 1.54) is 51.7 Å². The first-order valence-corrected chi connectivity index (χ1v) is 7.49. The molecule has 0 spiro atoms. The maximum atomic E-state index is 5.88. The van der Waals surface area contributed by atoms with Crippen molar-refractivity contribution < 1.29 is 0 Å². The van der Waals surface area contributed by atoms with Crippen molar-refractivity contribution >= 4 is 0 Å². The Kier molecular flexibility index (Phi) is 3.42. The molecule has 3 nitrogen and oxygen atoms in total. The summed E-state index contributed by atoms with van der Waals surface area (Å²) in [7, 11) is 0. The molecule has 3 rings (SSSR count). The SMILES string of the molecule is CC1CCC(CN)CN1C1CCN2CCCC12. The van der Waals surface area contributed by atoms with Crippen LogP contribution in [0.5, 0.6) is 0 Å². The Morgan fingerprint density at radius 1 is 1.06 bits per heavy atom. The molecular formula is C14H27N3. The van der Waals surface area contributed by atoms with E-state index in [4.69, 9.17) is 5.73 Å². The molecule has 3 fully saturated rings. The Hall–Kier alpha value is -0.120. The second kappa shape index (κ2) is 4.87. The molecule has 0 aromatic rings. The molecule has 0 aromatic heterocycles. The van der Waals surface area contributed by atoms with E-state index in [0.29, 0.717) is 0 Å². The number of hydrogen-bond donors (Lipinski definition) is 1. The fraction of sp³-hybridized carbons (Fsp3) is 1.00. The molecular weight excluding hydrogens is 210 g/mol. The van der Waals surface area contributed by atoms with Crippen molar-refractivity contribution in [3.63, 3.8) is 0 Å². The van der Waals surface area contributed by atoms with E-state index in [2.05, 4.69) is 16.7 Å². The first-order chi connectivity index (χ1) is 8.29. The molecule has 0 saturated carbocycles. The Bertz CT molecular complexity index is 268. The number of likely N-dealkylation sites (tertiary alicyclic amines) is 1. The van der Waals surface area contributed by atoms with Gasteiger partial charge in [-0.15, -0.1) is 0 Å². The van der Waals surface area contributed by atoms with Gasteiger partial charge in [0.25, 0.3) is 0 Å². The highest BCUT2D eigenvalue weighted by atomic mass is 15.3. The molecule has 3 heteroatoms. The van der Waals surface area contributed by atoms with Crippen LogP contribution >= 0.6 is 0 Å². The van der Waals surface area contributed by atoms with Crippen LogP contribution in [0.15, 0.2) is 0 Å². The molecule has 3 aliphatic heterocycles. The number of nitrogens with two attached hydrogens (primary N) is 1. The Morgan fingerprint density at radius 3 is 2.76 bits per heavy atom. The van der Waals surface area contributed by atoms with Gasteiger partial charge in [-0.2, -0.15) is 0 Å². The van der Waals surface area contributed by atoms with Crippen molar-refractivity contribution in [3.8, 4) is 0 Å². The lowest BCUT2D eigenvalue weighted by molar-refractivity contribution is 0.0598. The third-order valence-corrected chi connectivity index (χ3v) is 5.36. The molecule has 0 aliphatic carbocycles. The van der Waals surface area contributed by atoms with Gasteiger partial charge in [0.1, 0.15) is 0 Å². The fourth-order valence-electron chi connectivity index (χ4n) is 4.31. The molecule has 0 radical (unpaired) electrons. The highest BCUT2D eigenvalue weighted by Gasteiger charge is 2.42. The van der Waals surface area contributed by atoms with E-state index in [9.17, 15) is 0 Å². The van der Waals surface area contributed by atoms with Gasteiger partial charge in [0.15, 0.2) is 0 Å². The first-order valence-electron chi connectivity index (χ1n) is 7.49. The van der Waals surface area contributed by atoms with Gasteiger partial charge < -0.3 is 5.73 Å². The quantitative estimate of drug-likeness (QED) is 0.785. The van der Waals surface area contributed by atoms with Crippen LogP contribution in [0.1, 0.15) is 39.0 Å². The van der Waals surface area contributed by atoms with Gasteiger partial charge in [-0.1, -0.05) is 0 Å². The Labute approximate surface area is 105 Å². The average molecular weight is 237 g/mol. The van der Waals surface area contributed by atoms with Crippen LogP contribution < -0.4 is 5.73 Å². The van der Waals surface area contributed by atoms with Crippen molar-refractivity contribution in [2.24, 2.45) is 11.7 Å². The topological polar surface area (TPSA) is 32.5 Å². The number of nitrogens with zero attached hydrogens (tertiary/aromatic N) is 2. The Morgan fingerprint density at radius 2 is 1.94 bits per heavy atom. The van der Waals surface area contributed by atoms with Crippen LogP contribution in [0.2, 0.25) is 0 Å². The monoisotopic (exact) mass is 237 g/mol. The van der Waals surface area contributed by atoms with Crippen LogP contribution in [-0.4, -0.2) is 54.1 Å². The summed E-state index contributed by atoms with van der Waals surface area (Å²) in [4.78, 5) is 5.53. The van der Waals surface area contributed by atoms with Gasteiger partial charge in [-0.25, -0.2) is 0 Å². The minimum absolute atomic E-state index is 0.752. The number of hydrogen-bond acceptors (Lipinski definition) is 3. The second-order valence-electron chi connectivity index (χ2n) is 6.33.